The van der Waals surface area contributed by atoms with Crippen molar-refractivity contribution in [2.75, 3.05) is 13.1 Å². The van der Waals surface area contributed by atoms with E-state index in [0.717, 1.165) is 18.8 Å². The largest absolute Gasteiger partial charge is 0.335 e. The van der Waals surface area contributed by atoms with Crippen LogP contribution in [0.25, 0.3) is 5.69 Å². The highest BCUT2D eigenvalue weighted by atomic mass is 16.2. The van der Waals surface area contributed by atoms with Crippen molar-refractivity contribution in [3.8, 4) is 5.69 Å². The van der Waals surface area contributed by atoms with Gasteiger partial charge in [0.2, 0.25) is 0 Å². The predicted octanol–water partition coefficient (Wildman–Crippen LogP) is 1.69. The summed E-state index contributed by atoms with van der Waals surface area (Å²) in [5.41, 5.74) is 1.52. The number of aromatic nitrogens is 2. The van der Waals surface area contributed by atoms with Crippen LogP contribution in [0.5, 0.6) is 0 Å². The van der Waals surface area contributed by atoms with Crippen molar-refractivity contribution in [3.63, 3.8) is 0 Å². The minimum absolute atomic E-state index is 0.0706. The first-order valence-electron chi connectivity index (χ1n) is 7.29. The first kappa shape index (κ1) is 13.8. The molecule has 2 aromatic rings. The zero-order valence-corrected chi connectivity index (χ0v) is 12.4. The van der Waals surface area contributed by atoms with Gasteiger partial charge >= 0.3 is 0 Å². The Kier molecular flexibility index (Phi) is 3.75. The van der Waals surface area contributed by atoms with Crippen LogP contribution in [0.3, 0.4) is 0 Å². The minimum Gasteiger partial charge on any atom is -0.335 e. The van der Waals surface area contributed by atoms with E-state index in [1.54, 1.807) is 10.9 Å². The molecule has 1 aromatic carbocycles. The van der Waals surface area contributed by atoms with Gasteiger partial charge in [-0.05, 0) is 32.0 Å². The lowest BCUT2D eigenvalue weighted by molar-refractivity contribution is 0.0673. The standard InChI is InChI=1S/C16H20N4O/c1-12-10-19(11-13(2)18-12)16(21)14-6-3-4-7-15(14)20-9-5-8-17-20/h3-9,12-13,18H,10-11H2,1-2H3/t12-,13-/m0/s1. The smallest absolute Gasteiger partial charge is 0.256 e. The van der Waals surface area contributed by atoms with Gasteiger partial charge in [0.25, 0.3) is 5.91 Å². The molecule has 5 heteroatoms. The number of carbonyl (C=O) groups excluding carboxylic acids is 1. The molecule has 110 valence electrons. The molecule has 1 N–H and O–H groups in total. The summed E-state index contributed by atoms with van der Waals surface area (Å²) >= 11 is 0. The zero-order chi connectivity index (χ0) is 14.8. The van der Waals surface area contributed by atoms with E-state index in [2.05, 4.69) is 24.3 Å². The van der Waals surface area contributed by atoms with Crippen LogP contribution < -0.4 is 5.32 Å². The number of benzene rings is 1. The second-order valence-corrected chi connectivity index (χ2v) is 5.65. The number of hydrogen-bond donors (Lipinski definition) is 1. The molecule has 1 fully saturated rings. The molecule has 1 amide bonds. The van der Waals surface area contributed by atoms with Crippen molar-refractivity contribution in [2.45, 2.75) is 25.9 Å². The molecule has 0 bridgehead atoms. The van der Waals surface area contributed by atoms with Crippen LogP contribution in [0.4, 0.5) is 0 Å². The van der Waals surface area contributed by atoms with Gasteiger partial charge in [0.1, 0.15) is 0 Å². The first-order chi connectivity index (χ1) is 10.1. The summed E-state index contributed by atoms with van der Waals surface area (Å²) in [6, 6.07) is 10.1. The Labute approximate surface area is 124 Å². The Balaban J connectivity index is 1.92. The fraction of sp³-hybridized carbons (Fsp3) is 0.375. The van der Waals surface area contributed by atoms with Gasteiger partial charge in [-0.2, -0.15) is 5.10 Å². The third-order valence-corrected chi connectivity index (χ3v) is 3.73. The summed E-state index contributed by atoms with van der Waals surface area (Å²) in [5.74, 6) is 0.0706. The molecular formula is C16H20N4O. The fourth-order valence-electron chi connectivity index (χ4n) is 2.93. The van der Waals surface area contributed by atoms with E-state index in [9.17, 15) is 4.79 Å². The van der Waals surface area contributed by atoms with Crippen LogP contribution in [0.1, 0.15) is 24.2 Å². The van der Waals surface area contributed by atoms with Crippen LogP contribution in [-0.2, 0) is 0 Å². The van der Waals surface area contributed by atoms with Crippen molar-refractivity contribution >= 4 is 5.91 Å². The lowest BCUT2D eigenvalue weighted by atomic mass is 10.1. The van der Waals surface area contributed by atoms with Crippen LogP contribution in [0.2, 0.25) is 0 Å². The predicted molar refractivity (Wildman–Crippen MR) is 81.5 cm³/mol. The van der Waals surface area contributed by atoms with Gasteiger partial charge in [-0.1, -0.05) is 12.1 Å². The Morgan fingerprint density at radius 1 is 1.19 bits per heavy atom. The van der Waals surface area contributed by atoms with Crippen molar-refractivity contribution in [3.05, 3.63) is 48.3 Å². The number of para-hydroxylation sites is 1. The number of hydrogen-bond acceptors (Lipinski definition) is 3. The molecule has 0 spiro atoms. The van der Waals surface area contributed by atoms with Crippen LogP contribution in [0.15, 0.2) is 42.7 Å². The van der Waals surface area contributed by atoms with Gasteiger partial charge in [0.05, 0.1) is 11.3 Å². The molecule has 1 aliphatic heterocycles. The monoisotopic (exact) mass is 284 g/mol. The van der Waals surface area contributed by atoms with Gasteiger partial charge in [0.15, 0.2) is 0 Å². The number of nitrogens with one attached hydrogen (secondary N) is 1. The first-order valence-corrected chi connectivity index (χ1v) is 7.29. The van der Waals surface area contributed by atoms with Gasteiger partial charge in [-0.3, -0.25) is 4.79 Å². The molecule has 0 saturated carbocycles. The molecule has 2 atom stereocenters. The van der Waals surface area contributed by atoms with Crippen LogP contribution in [-0.4, -0.2) is 45.8 Å². The highest BCUT2D eigenvalue weighted by molar-refractivity contribution is 5.97. The van der Waals surface area contributed by atoms with E-state index in [0.29, 0.717) is 17.6 Å². The van der Waals surface area contributed by atoms with Gasteiger partial charge < -0.3 is 10.2 Å². The molecule has 0 unspecified atom stereocenters. The normalized spacial score (nSPS) is 22.3. The molecule has 1 aromatic heterocycles. The number of piperazine rings is 1. The molecule has 0 radical (unpaired) electrons. The van der Waals surface area contributed by atoms with Crippen LogP contribution >= 0.6 is 0 Å². The Hall–Kier alpha value is -2.14. The van der Waals surface area contributed by atoms with Crippen LogP contribution in [0, 0.1) is 0 Å². The molecular weight excluding hydrogens is 264 g/mol. The van der Waals surface area contributed by atoms with E-state index >= 15 is 0 Å². The maximum absolute atomic E-state index is 12.9. The highest BCUT2D eigenvalue weighted by Crippen LogP contribution is 2.17. The van der Waals surface area contributed by atoms with Gasteiger partial charge in [0, 0.05) is 37.6 Å². The average molecular weight is 284 g/mol. The molecule has 2 heterocycles. The quantitative estimate of drug-likeness (QED) is 0.913. The summed E-state index contributed by atoms with van der Waals surface area (Å²) in [6.07, 6.45) is 3.57. The molecule has 5 nitrogen and oxygen atoms in total. The van der Waals surface area contributed by atoms with E-state index < -0.39 is 0 Å². The summed E-state index contributed by atoms with van der Waals surface area (Å²) in [6.45, 7) is 5.68. The van der Waals surface area contributed by atoms with E-state index in [1.165, 1.54) is 0 Å². The van der Waals surface area contributed by atoms with Crippen molar-refractivity contribution in [2.24, 2.45) is 0 Å². The summed E-state index contributed by atoms with van der Waals surface area (Å²) in [7, 11) is 0. The van der Waals surface area contributed by atoms with Gasteiger partial charge in [-0.25, -0.2) is 4.68 Å². The number of rotatable bonds is 2. The van der Waals surface area contributed by atoms with E-state index in [-0.39, 0.29) is 5.91 Å². The molecule has 21 heavy (non-hydrogen) atoms. The average Bonchev–Trinajstić information content (AvgIpc) is 2.99. The zero-order valence-electron chi connectivity index (χ0n) is 12.4. The third-order valence-electron chi connectivity index (χ3n) is 3.73. The van der Waals surface area contributed by atoms with Crippen molar-refractivity contribution in [1.82, 2.24) is 20.0 Å². The maximum atomic E-state index is 12.9. The number of amides is 1. The topological polar surface area (TPSA) is 50.2 Å². The Morgan fingerprint density at radius 3 is 2.57 bits per heavy atom. The summed E-state index contributed by atoms with van der Waals surface area (Å²) in [4.78, 5) is 14.8. The summed E-state index contributed by atoms with van der Waals surface area (Å²) in [5, 5.41) is 7.68. The third kappa shape index (κ3) is 2.83. The minimum atomic E-state index is 0.0706. The highest BCUT2D eigenvalue weighted by Gasteiger charge is 2.27. The second kappa shape index (κ2) is 5.69. The molecule has 1 saturated heterocycles. The Bertz CT molecular complexity index is 613. The SMILES string of the molecule is C[C@H]1CN(C(=O)c2ccccc2-n2cccn2)C[C@H](C)N1. The van der Waals surface area contributed by atoms with Gasteiger partial charge in [-0.15, -0.1) is 0 Å². The fourth-order valence-corrected chi connectivity index (χ4v) is 2.93. The number of nitrogens with zero attached hydrogens (tertiary/aromatic N) is 3. The van der Waals surface area contributed by atoms with E-state index in [4.69, 9.17) is 0 Å². The molecule has 0 aliphatic carbocycles. The lowest BCUT2D eigenvalue weighted by Gasteiger charge is -2.36. The molecule has 1 aliphatic rings. The number of carbonyl (C=O) groups is 1. The summed E-state index contributed by atoms with van der Waals surface area (Å²) < 4.78 is 1.74. The second-order valence-electron chi connectivity index (χ2n) is 5.65. The Morgan fingerprint density at radius 2 is 1.90 bits per heavy atom. The lowest BCUT2D eigenvalue weighted by Crippen LogP contribution is -2.55. The van der Waals surface area contributed by atoms with Crippen molar-refractivity contribution < 1.29 is 4.79 Å². The maximum Gasteiger partial charge on any atom is 0.256 e. The van der Waals surface area contributed by atoms with E-state index in [1.807, 2.05) is 41.4 Å². The van der Waals surface area contributed by atoms with Crippen molar-refractivity contribution in [1.29, 1.82) is 0 Å². The molecule has 3 rings (SSSR count).